The summed E-state index contributed by atoms with van der Waals surface area (Å²) >= 11 is 0. The molecule has 2 fully saturated rings. The second-order valence-electron chi connectivity index (χ2n) is 8.33. The van der Waals surface area contributed by atoms with Crippen molar-refractivity contribution in [3.8, 4) is 0 Å². The monoisotopic (exact) mass is 343 g/mol. The van der Waals surface area contributed by atoms with Crippen LogP contribution < -0.4 is 5.32 Å². The molecule has 0 aromatic heterocycles. The van der Waals surface area contributed by atoms with Crippen molar-refractivity contribution in [2.45, 2.75) is 50.8 Å². The van der Waals surface area contributed by atoms with Crippen LogP contribution in [-0.4, -0.2) is 66.3 Å². The van der Waals surface area contributed by atoms with Crippen molar-refractivity contribution in [2.24, 2.45) is 5.92 Å². The van der Waals surface area contributed by atoms with Crippen LogP contribution in [0.4, 0.5) is 0 Å². The molecule has 2 heterocycles. The highest BCUT2D eigenvalue weighted by Gasteiger charge is 2.27. The van der Waals surface area contributed by atoms with Gasteiger partial charge in [-0.1, -0.05) is 24.3 Å². The van der Waals surface area contributed by atoms with E-state index >= 15 is 0 Å². The zero-order valence-electron chi connectivity index (χ0n) is 15.4. The maximum absolute atomic E-state index is 10.4. The molecular weight excluding hydrogens is 310 g/mol. The predicted molar refractivity (Wildman–Crippen MR) is 102 cm³/mol. The number of hydrogen-bond acceptors (Lipinski definition) is 4. The topological polar surface area (TPSA) is 38.7 Å². The summed E-state index contributed by atoms with van der Waals surface area (Å²) in [5, 5.41) is 14.1. The molecule has 25 heavy (non-hydrogen) atoms. The molecule has 1 saturated heterocycles. The molecule has 0 amide bonds. The van der Waals surface area contributed by atoms with Crippen molar-refractivity contribution in [1.29, 1.82) is 0 Å². The number of hydrogen-bond donors (Lipinski definition) is 2. The van der Waals surface area contributed by atoms with E-state index in [-0.39, 0.29) is 6.10 Å². The van der Waals surface area contributed by atoms with Crippen molar-refractivity contribution in [3.05, 3.63) is 35.4 Å². The fourth-order valence-electron chi connectivity index (χ4n) is 4.36. The normalized spacial score (nSPS) is 24.2. The first kappa shape index (κ1) is 17.5. The van der Waals surface area contributed by atoms with Gasteiger partial charge in [-0.2, -0.15) is 0 Å². The van der Waals surface area contributed by atoms with E-state index in [1.165, 1.54) is 56.4 Å². The van der Waals surface area contributed by atoms with Crippen LogP contribution in [-0.2, 0) is 13.0 Å². The molecule has 2 aliphatic heterocycles. The SMILES string of the molecule is OC(CNC1CCN(CC2CC2)CC1)CN1CCc2ccccc2C1. The number of β-amino-alcohol motifs (C(OH)–C–C–N with tert-alkyl or cyclic N) is 1. The molecule has 1 aliphatic carbocycles. The molecule has 1 aromatic carbocycles. The van der Waals surface area contributed by atoms with Crippen LogP contribution in [0.2, 0.25) is 0 Å². The number of aliphatic hydroxyl groups excluding tert-OH is 1. The van der Waals surface area contributed by atoms with Crippen LogP contribution in [0.3, 0.4) is 0 Å². The van der Waals surface area contributed by atoms with Crippen LogP contribution in [0.25, 0.3) is 0 Å². The van der Waals surface area contributed by atoms with Crippen LogP contribution in [0.5, 0.6) is 0 Å². The van der Waals surface area contributed by atoms with Gasteiger partial charge >= 0.3 is 0 Å². The molecule has 1 atom stereocenters. The minimum absolute atomic E-state index is 0.269. The van der Waals surface area contributed by atoms with E-state index in [0.29, 0.717) is 6.04 Å². The number of likely N-dealkylation sites (tertiary alicyclic amines) is 1. The smallest absolute Gasteiger partial charge is 0.0791 e. The summed E-state index contributed by atoms with van der Waals surface area (Å²) in [6, 6.07) is 9.30. The maximum Gasteiger partial charge on any atom is 0.0791 e. The fourth-order valence-corrected chi connectivity index (χ4v) is 4.36. The summed E-state index contributed by atoms with van der Waals surface area (Å²) in [5.41, 5.74) is 2.90. The highest BCUT2D eigenvalue weighted by atomic mass is 16.3. The van der Waals surface area contributed by atoms with Crippen molar-refractivity contribution in [1.82, 2.24) is 15.1 Å². The lowest BCUT2D eigenvalue weighted by Gasteiger charge is -2.34. The van der Waals surface area contributed by atoms with Crippen molar-refractivity contribution >= 4 is 0 Å². The fraction of sp³-hybridized carbons (Fsp3) is 0.714. The van der Waals surface area contributed by atoms with E-state index < -0.39 is 0 Å². The third-order valence-electron chi connectivity index (χ3n) is 6.12. The summed E-state index contributed by atoms with van der Waals surface area (Å²) in [7, 11) is 0. The summed E-state index contributed by atoms with van der Waals surface area (Å²) < 4.78 is 0. The van der Waals surface area contributed by atoms with Crippen molar-refractivity contribution in [3.63, 3.8) is 0 Å². The number of nitrogens with zero attached hydrogens (tertiary/aromatic N) is 2. The Morgan fingerprint density at radius 1 is 1.00 bits per heavy atom. The summed E-state index contributed by atoms with van der Waals surface area (Å²) in [5.74, 6) is 1.00. The van der Waals surface area contributed by atoms with Gasteiger partial charge in [-0.15, -0.1) is 0 Å². The Morgan fingerprint density at radius 2 is 1.76 bits per heavy atom. The largest absolute Gasteiger partial charge is 0.390 e. The molecule has 4 rings (SSSR count). The summed E-state index contributed by atoms with van der Waals surface area (Å²) in [4.78, 5) is 5.03. The summed E-state index contributed by atoms with van der Waals surface area (Å²) in [6.07, 6.45) is 6.20. The standard InChI is InChI=1S/C21H33N3O/c25-21(16-24-10-7-18-3-1-2-4-19(18)15-24)13-22-20-8-11-23(12-9-20)14-17-5-6-17/h1-4,17,20-22,25H,5-16H2. The van der Waals surface area contributed by atoms with Gasteiger partial charge in [0.25, 0.3) is 0 Å². The number of piperidine rings is 1. The average molecular weight is 344 g/mol. The van der Waals surface area contributed by atoms with Gasteiger partial charge in [-0.25, -0.2) is 0 Å². The minimum atomic E-state index is -0.269. The number of nitrogens with one attached hydrogen (secondary N) is 1. The van der Waals surface area contributed by atoms with E-state index in [1.54, 1.807) is 0 Å². The van der Waals surface area contributed by atoms with Crippen LogP contribution in [0.1, 0.15) is 36.8 Å². The Hall–Kier alpha value is -0.940. The zero-order valence-corrected chi connectivity index (χ0v) is 15.4. The molecule has 0 radical (unpaired) electrons. The molecule has 1 aromatic rings. The highest BCUT2D eigenvalue weighted by Crippen LogP contribution is 2.30. The Kier molecular flexibility index (Phi) is 5.71. The quantitative estimate of drug-likeness (QED) is 0.793. The van der Waals surface area contributed by atoms with Crippen molar-refractivity contribution < 1.29 is 5.11 Å². The van der Waals surface area contributed by atoms with Crippen molar-refractivity contribution in [2.75, 3.05) is 39.3 Å². The number of aliphatic hydroxyl groups is 1. The van der Waals surface area contributed by atoms with E-state index in [0.717, 1.165) is 38.5 Å². The van der Waals surface area contributed by atoms with Gasteiger partial charge < -0.3 is 15.3 Å². The maximum atomic E-state index is 10.4. The minimum Gasteiger partial charge on any atom is -0.390 e. The van der Waals surface area contributed by atoms with Gasteiger partial charge in [0.2, 0.25) is 0 Å². The molecule has 0 spiro atoms. The number of fused-ring (bicyclic) bond motifs is 1. The van der Waals surface area contributed by atoms with Crippen LogP contribution >= 0.6 is 0 Å². The Bertz CT molecular complexity index is 552. The highest BCUT2D eigenvalue weighted by molar-refractivity contribution is 5.29. The van der Waals surface area contributed by atoms with E-state index in [9.17, 15) is 5.11 Å². The molecule has 138 valence electrons. The molecular formula is C21H33N3O. The second kappa shape index (κ2) is 8.17. The molecule has 0 bridgehead atoms. The van der Waals surface area contributed by atoms with Gasteiger partial charge in [0.15, 0.2) is 0 Å². The second-order valence-corrected chi connectivity index (χ2v) is 8.33. The molecule has 3 aliphatic rings. The van der Waals surface area contributed by atoms with Gasteiger partial charge in [-0.3, -0.25) is 4.90 Å². The van der Waals surface area contributed by atoms with Crippen LogP contribution in [0, 0.1) is 5.92 Å². The summed E-state index contributed by atoms with van der Waals surface area (Å²) in [6.45, 7) is 7.33. The lowest BCUT2D eigenvalue weighted by molar-refractivity contribution is 0.0970. The lowest BCUT2D eigenvalue weighted by atomic mass is 9.99. The predicted octanol–water partition coefficient (Wildman–Crippen LogP) is 1.87. The van der Waals surface area contributed by atoms with Gasteiger partial charge in [0.05, 0.1) is 6.10 Å². The first-order valence-corrected chi connectivity index (χ1v) is 10.2. The zero-order chi connectivity index (χ0) is 17.1. The third kappa shape index (κ3) is 5.04. The van der Waals surface area contributed by atoms with E-state index in [4.69, 9.17) is 0 Å². The molecule has 2 N–H and O–H groups in total. The third-order valence-corrected chi connectivity index (χ3v) is 6.12. The Balaban J connectivity index is 1.14. The molecule has 4 nitrogen and oxygen atoms in total. The molecule has 1 unspecified atom stereocenters. The van der Waals surface area contributed by atoms with Crippen LogP contribution in [0.15, 0.2) is 24.3 Å². The Labute approximate surface area is 152 Å². The first-order valence-electron chi connectivity index (χ1n) is 10.2. The molecule has 1 saturated carbocycles. The van der Waals surface area contributed by atoms with Gasteiger partial charge in [0.1, 0.15) is 0 Å². The van der Waals surface area contributed by atoms with Gasteiger partial charge in [-0.05, 0) is 62.2 Å². The number of benzene rings is 1. The average Bonchev–Trinajstić information content (AvgIpc) is 3.45. The number of rotatable bonds is 7. The molecule has 4 heteroatoms. The first-order chi connectivity index (χ1) is 12.3. The van der Waals surface area contributed by atoms with Gasteiger partial charge in [0, 0.05) is 38.8 Å². The Morgan fingerprint density at radius 3 is 2.52 bits per heavy atom. The lowest BCUT2D eigenvalue weighted by Crippen LogP contribution is -2.47. The van der Waals surface area contributed by atoms with E-state index in [1.807, 2.05) is 0 Å². The van der Waals surface area contributed by atoms with E-state index in [2.05, 4.69) is 39.4 Å².